The number of hydrogen-bond donors (Lipinski definition) is 1. The largest absolute Gasteiger partial charge is 0.368 e. The lowest BCUT2D eigenvalue weighted by Gasteiger charge is -2.36. The van der Waals surface area contributed by atoms with E-state index in [1.54, 1.807) is 0 Å². The van der Waals surface area contributed by atoms with Crippen LogP contribution < -0.4 is 10.2 Å². The Bertz CT molecular complexity index is 722. The number of rotatable bonds is 2. The SMILES string of the molecule is Cc1ccc(N2CCN(C(=O)Nc3cccc(Cl)c3C)CC2)cc1. The zero-order valence-electron chi connectivity index (χ0n) is 14.1. The zero-order chi connectivity index (χ0) is 17.1. The third-order valence-electron chi connectivity index (χ3n) is 4.48. The van der Waals surface area contributed by atoms with Crippen LogP contribution in [0.4, 0.5) is 16.2 Å². The molecule has 0 unspecified atom stereocenters. The van der Waals surface area contributed by atoms with Crippen LogP contribution in [0.3, 0.4) is 0 Å². The lowest BCUT2D eigenvalue weighted by atomic mass is 10.2. The summed E-state index contributed by atoms with van der Waals surface area (Å²) in [7, 11) is 0. The quantitative estimate of drug-likeness (QED) is 0.881. The fourth-order valence-electron chi connectivity index (χ4n) is 2.86. The number of anilines is 2. The van der Waals surface area contributed by atoms with Gasteiger partial charge in [0.15, 0.2) is 0 Å². The molecule has 0 saturated carbocycles. The first-order valence-corrected chi connectivity index (χ1v) is 8.55. The summed E-state index contributed by atoms with van der Waals surface area (Å²) >= 11 is 6.11. The van der Waals surface area contributed by atoms with E-state index < -0.39 is 0 Å². The molecule has 0 bridgehead atoms. The lowest BCUT2D eigenvalue weighted by molar-refractivity contribution is 0.208. The summed E-state index contributed by atoms with van der Waals surface area (Å²) in [5, 5.41) is 3.63. The van der Waals surface area contributed by atoms with E-state index >= 15 is 0 Å². The molecule has 2 aromatic carbocycles. The van der Waals surface area contributed by atoms with Crippen molar-refractivity contribution in [1.29, 1.82) is 0 Å². The molecular formula is C19H22ClN3O. The summed E-state index contributed by atoms with van der Waals surface area (Å²) in [6.45, 7) is 7.09. The Balaban J connectivity index is 1.59. The third kappa shape index (κ3) is 3.65. The van der Waals surface area contributed by atoms with Gasteiger partial charge in [-0.05, 0) is 43.7 Å². The molecule has 5 heteroatoms. The van der Waals surface area contributed by atoms with Crippen LogP contribution >= 0.6 is 11.6 Å². The molecule has 4 nitrogen and oxygen atoms in total. The van der Waals surface area contributed by atoms with Crippen molar-refractivity contribution in [2.75, 3.05) is 36.4 Å². The van der Waals surface area contributed by atoms with E-state index in [0.717, 1.165) is 24.3 Å². The van der Waals surface area contributed by atoms with E-state index in [1.807, 2.05) is 30.0 Å². The normalized spacial score (nSPS) is 14.6. The number of piperazine rings is 1. The maximum Gasteiger partial charge on any atom is 0.321 e. The molecule has 3 rings (SSSR count). The molecule has 0 atom stereocenters. The maximum atomic E-state index is 12.5. The number of carbonyl (C=O) groups is 1. The molecule has 1 fully saturated rings. The second kappa shape index (κ2) is 7.14. The number of urea groups is 1. The monoisotopic (exact) mass is 343 g/mol. The van der Waals surface area contributed by atoms with Crippen molar-refractivity contribution in [3.63, 3.8) is 0 Å². The van der Waals surface area contributed by atoms with Crippen LogP contribution in [-0.2, 0) is 0 Å². The second-order valence-electron chi connectivity index (χ2n) is 6.15. The van der Waals surface area contributed by atoms with E-state index in [0.29, 0.717) is 18.1 Å². The standard InChI is InChI=1S/C19H22ClN3O/c1-14-6-8-16(9-7-14)22-10-12-23(13-11-22)19(24)21-18-5-3-4-17(20)15(18)2/h3-9H,10-13H2,1-2H3,(H,21,24). The van der Waals surface area contributed by atoms with Gasteiger partial charge in [-0.15, -0.1) is 0 Å². The molecule has 1 aliphatic rings. The van der Waals surface area contributed by atoms with E-state index in [-0.39, 0.29) is 6.03 Å². The molecule has 0 spiro atoms. The maximum absolute atomic E-state index is 12.5. The Morgan fingerprint density at radius 2 is 1.67 bits per heavy atom. The molecule has 1 N–H and O–H groups in total. The van der Waals surface area contributed by atoms with Crippen molar-refractivity contribution in [2.45, 2.75) is 13.8 Å². The van der Waals surface area contributed by atoms with E-state index in [2.05, 4.69) is 41.4 Å². The van der Waals surface area contributed by atoms with Gasteiger partial charge in [-0.2, -0.15) is 0 Å². The van der Waals surface area contributed by atoms with Gasteiger partial charge in [0.2, 0.25) is 0 Å². The average Bonchev–Trinajstić information content (AvgIpc) is 2.60. The number of benzene rings is 2. The Labute approximate surface area is 148 Å². The summed E-state index contributed by atoms with van der Waals surface area (Å²) in [5.41, 5.74) is 4.14. The fourth-order valence-corrected chi connectivity index (χ4v) is 3.04. The predicted octanol–water partition coefficient (Wildman–Crippen LogP) is 4.31. The van der Waals surface area contributed by atoms with Gasteiger partial charge < -0.3 is 15.1 Å². The molecule has 0 radical (unpaired) electrons. The molecule has 0 aliphatic carbocycles. The highest BCUT2D eigenvalue weighted by molar-refractivity contribution is 6.31. The van der Waals surface area contributed by atoms with Crippen molar-refractivity contribution >= 4 is 29.0 Å². The highest BCUT2D eigenvalue weighted by Crippen LogP contribution is 2.23. The number of aryl methyl sites for hydroxylation is 1. The van der Waals surface area contributed by atoms with Gasteiger partial charge >= 0.3 is 6.03 Å². The molecule has 1 aliphatic heterocycles. The van der Waals surface area contributed by atoms with E-state index in [9.17, 15) is 4.79 Å². The Kier molecular flexibility index (Phi) is 4.95. The van der Waals surface area contributed by atoms with Gasteiger partial charge in [0, 0.05) is 42.6 Å². The first-order chi connectivity index (χ1) is 11.5. The summed E-state index contributed by atoms with van der Waals surface area (Å²) in [4.78, 5) is 16.6. The van der Waals surface area contributed by atoms with Gasteiger partial charge in [0.05, 0.1) is 0 Å². The minimum absolute atomic E-state index is 0.0658. The molecule has 24 heavy (non-hydrogen) atoms. The number of nitrogens with zero attached hydrogens (tertiary/aromatic N) is 2. The van der Waals surface area contributed by atoms with Crippen molar-refractivity contribution in [2.24, 2.45) is 0 Å². The van der Waals surface area contributed by atoms with Gasteiger partial charge in [-0.25, -0.2) is 4.79 Å². The first-order valence-electron chi connectivity index (χ1n) is 8.17. The molecular weight excluding hydrogens is 322 g/mol. The molecule has 2 amide bonds. The van der Waals surface area contributed by atoms with Crippen LogP contribution in [0, 0.1) is 13.8 Å². The summed E-state index contributed by atoms with van der Waals surface area (Å²) < 4.78 is 0. The Morgan fingerprint density at radius 3 is 2.33 bits per heavy atom. The van der Waals surface area contributed by atoms with Crippen LogP contribution in [0.5, 0.6) is 0 Å². The first kappa shape index (κ1) is 16.7. The van der Waals surface area contributed by atoms with Crippen LogP contribution in [0.1, 0.15) is 11.1 Å². The van der Waals surface area contributed by atoms with Crippen LogP contribution in [-0.4, -0.2) is 37.1 Å². The zero-order valence-corrected chi connectivity index (χ0v) is 14.8. The number of hydrogen-bond acceptors (Lipinski definition) is 2. The second-order valence-corrected chi connectivity index (χ2v) is 6.56. The van der Waals surface area contributed by atoms with Gasteiger partial charge in [-0.1, -0.05) is 35.4 Å². The number of nitrogens with one attached hydrogen (secondary N) is 1. The average molecular weight is 344 g/mol. The third-order valence-corrected chi connectivity index (χ3v) is 4.88. The van der Waals surface area contributed by atoms with Gasteiger partial charge in [0.1, 0.15) is 0 Å². The summed E-state index contributed by atoms with van der Waals surface area (Å²) in [5.74, 6) is 0. The molecule has 126 valence electrons. The van der Waals surface area contributed by atoms with E-state index in [1.165, 1.54) is 11.3 Å². The minimum Gasteiger partial charge on any atom is -0.368 e. The highest BCUT2D eigenvalue weighted by Gasteiger charge is 2.21. The number of amides is 2. The molecule has 0 aromatic heterocycles. The minimum atomic E-state index is -0.0658. The van der Waals surface area contributed by atoms with Crippen molar-refractivity contribution in [3.05, 3.63) is 58.6 Å². The van der Waals surface area contributed by atoms with Crippen molar-refractivity contribution in [3.8, 4) is 0 Å². The van der Waals surface area contributed by atoms with Gasteiger partial charge in [-0.3, -0.25) is 0 Å². The number of halogens is 1. The van der Waals surface area contributed by atoms with E-state index in [4.69, 9.17) is 11.6 Å². The van der Waals surface area contributed by atoms with Crippen molar-refractivity contribution in [1.82, 2.24) is 4.90 Å². The van der Waals surface area contributed by atoms with Crippen LogP contribution in [0.15, 0.2) is 42.5 Å². The summed E-state index contributed by atoms with van der Waals surface area (Å²) in [6, 6.07) is 14.0. The summed E-state index contributed by atoms with van der Waals surface area (Å²) in [6.07, 6.45) is 0. The highest BCUT2D eigenvalue weighted by atomic mass is 35.5. The van der Waals surface area contributed by atoms with Crippen molar-refractivity contribution < 1.29 is 4.79 Å². The molecule has 1 saturated heterocycles. The fraction of sp³-hybridized carbons (Fsp3) is 0.316. The Hall–Kier alpha value is -2.20. The number of carbonyl (C=O) groups excluding carboxylic acids is 1. The van der Waals surface area contributed by atoms with Gasteiger partial charge in [0.25, 0.3) is 0 Å². The molecule has 2 aromatic rings. The lowest BCUT2D eigenvalue weighted by Crippen LogP contribution is -2.50. The van der Waals surface area contributed by atoms with Crippen LogP contribution in [0.25, 0.3) is 0 Å². The smallest absolute Gasteiger partial charge is 0.321 e. The topological polar surface area (TPSA) is 35.6 Å². The molecule has 1 heterocycles. The van der Waals surface area contributed by atoms with Crippen LogP contribution in [0.2, 0.25) is 5.02 Å². The predicted molar refractivity (Wildman–Crippen MR) is 100 cm³/mol. The Morgan fingerprint density at radius 1 is 1.00 bits per heavy atom.